The molecule has 1 aromatic heterocycles. The molecule has 0 saturated carbocycles. The fraction of sp³-hybridized carbons (Fsp3) is 0.448. The van der Waals surface area contributed by atoms with Gasteiger partial charge in [0.1, 0.15) is 0 Å². The van der Waals surface area contributed by atoms with Crippen molar-refractivity contribution < 1.29 is 9.53 Å². The largest absolute Gasteiger partial charge is 0.377 e. The van der Waals surface area contributed by atoms with Crippen LogP contribution in [0.15, 0.2) is 54.7 Å². The Kier molecular flexibility index (Phi) is 8.12. The Morgan fingerprint density at radius 2 is 1.86 bits per heavy atom. The highest BCUT2D eigenvalue weighted by atomic mass is 35.5. The zero-order valence-corrected chi connectivity index (χ0v) is 22.2. The second kappa shape index (κ2) is 11.5. The molecule has 0 radical (unpaired) electrons. The number of ether oxygens (including phenoxy) is 1. The fourth-order valence-corrected chi connectivity index (χ4v) is 6.07. The van der Waals surface area contributed by atoms with E-state index in [4.69, 9.17) is 27.9 Å². The van der Waals surface area contributed by atoms with Crippen LogP contribution in [0, 0.1) is 5.92 Å². The number of carbonyl (C=O) groups is 1. The van der Waals surface area contributed by atoms with Gasteiger partial charge in [-0.3, -0.25) is 14.7 Å². The first kappa shape index (κ1) is 25.5. The van der Waals surface area contributed by atoms with E-state index in [-0.39, 0.29) is 12.0 Å². The molecule has 2 fully saturated rings. The van der Waals surface area contributed by atoms with Crippen LogP contribution >= 0.6 is 23.2 Å². The summed E-state index contributed by atoms with van der Waals surface area (Å²) in [4.78, 5) is 22.1. The summed E-state index contributed by atoms with van der Waals surface area (Å²) >= 11 is 12.4. The van der Waals surface area contributed by atoms with Gasteiger partial charge in [0.05, 0.1) is 21.7 Å². The van der Waals surface area contributed by atoms with Crippen molar-refractivity contribution in [3.05, 3.63) is 75.9 Å². The van der Waals surface area contributed by atoms with Crippen molar-refractivity contribution in [3.8, 4) is 0 Å². The van der Waals surface area contributed by atoms with Crippen LogP contribution in [0.5, 0.6) is 0 Å². The first-order valence-corrected chi connectivity index (χ1v) is 13.7. The van der Waals surface area contributed by atoms with Gasteiger partial charge in [0.15, 0.2) is 0 Å². The van der Waals surface area contributed by atoms with Gasteiger partial charge in [-0.1, -0.05) is 35.3 Å². The Morgan fingerprint density at radius 1 is 1.03 bits per heavy atom. The van der Waals surface area contributed by atoms with Crippen LogP contribution in [0.4, 0.5) is 0 Å². The van der Waals surface area contributed by atoms with E-state index < -0.39 is 0 Å². The predicted molar refractivity (Wildman–Crippen MR) is 146 cm³/mol. The van der Waals surface area contributed by atoms with Gasteiger partial charge in [-0.05, 0) is 87.0 Å². The average Bonchev–Trinajstić information content (AvgIpc) is 2.91. The van der Waals surface area contributed by atoms with E-state index in [0.29, 0.717) is 28.6 Å². The van der Waals surface area contributed by atoms with Crippen LogP contribution in [0.3, 0.4) is 0 Å². The molecule has 2 aliphatic rings. The van der Waals surface area contributed by atoms with E-state index >= 15 is 0 Å². The van der Waals surface area contributed by atoms with Gasteiger partial charge < -0.3 is 9.64 Å². The molecule has 0 aliphatic carbocycles. The molecule has 5 rings (SSSR count). The van der Waals surface area contributed by atoms with Crippen LogP contribution in [0.2, 0.25) is 10.0 Å². The third-order valence-corrected chi connectivity index (χ3v) is 8.45. The topological polar surface area (TPSA) is 45.7 Å². The Balaban J connectivity index is 1.17. The minimum absolute atomic E-state index is 0.117. The zero-order chi connectivity index (χ0) is 25.1. The van der Waals surface area contributed by atoms with Crippen LogP contribution in [-0.2, 0) is 11.2 Å². The van der Waals surface area contributed by atoms with Gasteiger partial charge in [0, 0.05) is 49.4 Å². The number of benzene rings is 2. The standard InChI is InChI=1S/C29H33Cl2N3O2/c1-2-36-28-19-34(13-9-22(28)16-20-5-7-25(30)26(31)17-20)24-10-14-33(15-11-24)29(35)23-6-8-27-21(18-23)4-3-12-32-27/h3-8,12,17-18,22,24,28H,2,9-11,13-16,19H2,1H3/t22-,28-/m1/s1. The number of nitrogens with zero attached hydrogens (tertiary/aromatic N) is 3. The highest BCUT2D eigenvalue weighted by molar-refractivity contribution is 6.42. The highest BCUT2D eigenvalue weighted by Crippen LogP contribution is 2.31. The van der Waals surface area contributed by atoms with Gasteiger partial charge in [0.2, 0.25) is 0 Å². The molecular formula is C29H33Cl2N3O2. The van der Waals surface area contributed by atoms with Gasteiger partial charge in [-0.15, -0.1) is 0 Å². The van der Waals surface area contributed by atoms with Gasteiger partial charge in [0.25, 0.3) is 5.91 Å². The Bertz CT molecular complexity index is 1210. The van der Waals surface area contributed by atoms with Crippen molar-refractivity contribution in [2.75, 3.05) is 32.8 Å². The molecule has 5 nitrogen and oxygen atoms in total. The SMILES string of the molecule is CCO[C@@H]1CN(C2CCN(C(=O)c3ccc4ncccc4c3)CC2)CC[C@@H]1Cc1ccc(Cl)c(Cl)c1. The lowest BCUT2D eigenvalue weighted by Crippen LogP contribution is -2.53. The number of aromatic nitrogens is 1. The fourth-order valence-electron chi connectivity index (χ4n) is 5.75. The molecule has 36 heavy (non-hydrogen) atoms. The zero-order valence-electron chi connectivity index (χ0n) is 20.7. The van der Waals surface area contributed by atoms with E-state index in [1.807, 2.05) is 47.4 Å². The lowest BCUT2D eigenvalue weighted by molar-refractivity contribution is -0.0496. The third kappa shape index (κ3) is 5.70. The molecule has 7 heteroatoms. The second-order valence-corrected chi connectivity index (χ2v) is 10.7. The molecule has 2 saturated heterocycles. The highest BCUT2D eigenvalue weighted by Gasteiger charge is 2.35. The van der Waals surface area contributed by atoms with Gasteiger partial charge >= 0.3 is 0 Å². The minimum atomic E-state index is 0.117. The van der Waals surface area contributed by atoms with Crippen molar-refractivity contribution in [1.29, 1.82) is 0 Å². The number of pyridine rings is 1. The van der Waals surface area contributed by atoms with E-state index in [1.54, 1.807) is 6.20 Å². The first-order valence-electron chi connectivity index (χ1n) is 13.0. The maximum Gasteiger partial charge on any atom is 0.253 e. The number of fused-ring (bicyclic) bond motifs is 1. The van der Waals surface area contributed by atoms with Crippen LogP contribution < -0.4 is 0 Å². The molecule has 0 unspecified atom stereocenters. The quantitative estimate of drug-likeness (QED) is 0.389. The molecule has 1 amide bonds. The van der Waals surface area contributed by atoms with Gasteiger partial charge in [-0.25, -0.2) is 0 Å². The van der Waals surface area contributed by atoms with Crippen molar-refractivity contribution in [2.24, 2.45) is 5.92 Å². The Labute approximate surface area is 223 Å². The van der Waals surface area contributed by atoms with Crippen molar-refractivity contribution >= 4 is 40.0 Å². The summed E-state index contributed by atoms with van der Waals surface area (Å²) in [5.74, 6) is 0.578. The summed E-state index contributed by atoms with van der Waals surface area (Å²) in [7, 11) is 0. The summed E-state index contributed by atoms with van der Waals surface area (Å²) < 4.78 is 6.22. The molecule has 3 aromatic rings. The summed E-state index contributed by atoms with van der Waals surface area (Å²) in [5.41, 5.74) is 2.87. The predicted octanol–water partition coefficient (Wildman–Crippen LogP) is 6.12. The molecule has 0 N–H and O–H groups in total. The first-order chi connectivity index (χ1) is 17.5. The van der Waals surface area contributed by atoms with Crippen LogP contribution in [0.25, 0.3) is 10.9 Å². The van der Waals surface area contributed by atoms with Gasteiger partial charge in [-0.2, -0.15) is 0 Å². The van der Waals surface area contributed by atoms with Crippen molar-refractivity contribution in [3.63, 3.8) is 0 Å². The number of hydrogen-bond acceptors (Lipinski definition) is 4. The third-order valence-electron chi connectivity index (χ3n) is 7.71. The molecule has 0 bridgehead atoms. The minimum Gasteiger partial charge on any atom is -0.377 e. The lowest BCUT2D eigenvalue weighted by Gasteiger charge is -2.44. The number of halogens is 2. The molecule has 2 aromatic carbocycles. The molecule has 2 atom stereocenters. The molecule has 2 aliphatic heterocycles. The Morgan fingerprint density at radius 3 is 2.64 bits per heavy atom. The number of piperidine rings is 2. The monoisotopic (exact) mass is 525 g/mol. The molecule has 190 valence electrons. The normalized spacial score (nSPS) is 21.7. The number of hydrogen-bond donors (Lipinski definition) is 0. The van der Waals surface area contributed by atoms with E-state index in [2.05, 4.69) is 22.9 Å². The number of carbonyl (C=O) groups excluding carboxylic acids is 1. The van der Waals surface area contributed by atoms with Crippen molar-refractivity contribution in [1.82, 2.24) is 14.8 Å². The van der Waals surface area contributed by atoms with E-state index in [1.165, 1.54) is 5.56 Å². The summed E-state index contributed by atoms with van der Waals surface area (Å²) in [5, 5.41) is 2.21. The average molecular weight is 527 g/mol. The van der Waals surface area contributed by atoms with E-state index in [9.17, 15) is 4.79 Å². The van der Waals surface area contributed by atoms with Crippen molar-refractivity contribution in [2.45, 2.75) is 44.8 Å². The van der Waals surface area contributed by atoms with Crippen LogP contribution in [0.1, 0.15) is 42.1 Å². The summed E-state index contributed by atoms with van der Waals surface area (Å²) in [6.07, 6.45) is 6.01. The maximum absolute atomic E-state index is 13.2. The maximum atomic E-state index is 13.2. The molecule has 0 spiro atoms. The summed E-state index contributed by atoms with van der Waals surface area (Å²) in [6.45, 7) is 6.36. The lowest BCUT2D eigenvalue weighted by atomic mass is 9.86. The Hall–Kier alpha value is -2.18. The molecular weight excluding hydrogens is 493 g/mol. The molecule has 3 heterocycles. The second-order valence-electron chi connectivity index (χ2n) is 9.92. The summed E-state index contributed by atoms with van der Waals surface area (Å²) in [6, 6.07) is 16.1. The van der Waals surface area contributed by atoms with E-state index in [0.717, 1.165) is 68.3 Å². The number of rotatable bonds is 6. The van der Waals surface area contributed by atoms with Crippen LogP contribution in [-0.4, -0.2) is 65.6 Å². The number of amides is 1. The number of likely N-dealkylation sites (tertiary alicyclic amines) is 2. The smallest absolute Gasteiger partial charge is 0.253 e.